The van der Waals surface area contributed by atoms with Gasteiger partial charge >= 0.3 is 5.97 Å². The predicted octanol–water partition coefficient (Wildman–Crippen LogP) is 3.43. The van der Waals surface area contributed by atoms with E-state index in [1.807, 2.05) is 0 Å². The minimum absolute atomic E-state index is 0.0320. The molecule has 0 spiro atoms. The molecule has 25 heavy (non-hydrogen) atoms. The predicted molar refractivity (Wildman–Crippen MR) is 86.8 cm³/mol. The molecular weight excluding hydrogens is 356 g/mol. The summed E-state index contributed by atoms with van der Waals surface area (Å²) >= 11 is 5.77. The minimum Gasteiger partial charge on any atom is -0.419 e. The first-order chi connectivity index (χ1) is 11.8. The summed E-state index contributed by atoms with van der Waals surface area (Å²) in [7, 11) is 0. The lowest BCUT2D eigenvalue weighted by molar-refractivity contribution is 0.0722. The third-order valence-electron chi connectivity index (χ3n) is 3.50. The maximum Gasteiger partial charge on any atom is 0.364 e. The first kappa shape index (κ1) is 16.8. The van der Waals surface area contributed by atoms with E-state index in [1.165, 1.54) is 25.3 Å². The van der Waals surface area contributed by atoms with Crippen LogP contribution in [0.2, 0.25) is 5.02 Å². The number of pyridine rings is 1. The number of nitrogens with two attached hydrogens (primary N) is 1. The van der Waals surface area contributed by atoms with Crippen molar-refractivity contribution in [2.75, 3.05) is 5.73 Å². The molecular formula is C16H10ClF2N3O3. The van der Waals surface area contributed by atoms with Gasteiger partial charge in [-0.1, -0.05) is 11.6 Å². The SMILES string of the molecule is CC(=O)n1ccc2ccc(OC(=O)c3ncc(F)c(N)c3Cl)c(F)c21. The maximum absolute atomic E-state index is 14.7. The van der Waals surface area contributed by atoms with E-state index in [0.29, 0.717) is 11.6 Å². The van der Waals surface area contributed by atoms with Gasteiger partial charge in [0.1, 0.15) is 0 Å². The molecule has 0 saturated heterocycles. The van der Waals surface area contributed by atoms with E-state index in [-0.39, 0.29) is 5.52 Å². The Kier molecular flexibility index (Phi) is 4.13. The smallest absolute Gasteiger partial charge is 0.364 e. The molecule has 128 valence electrons. The molecule has 9 heteroatoms. The second-order valence-electron chi connectivity index (χ2n) is 5.09. The Morgan fingerprint density at radius 2 is 2.00 bits per heavy atom. The van der Waals surface area contributed by atoms with Gasteiger partial charge in [-0.25, -0.2) is 18.6 Å². The van der Waals surface area contributed by atoms with Crippen molar-refractivity contribution >= 4 is 40.1 Å². The quantitative estimate of drug-likeness (QED) is 0.555. The molecule has 0 aliphatic heterocycles. The number of nitrogen functional groups attached to an aromatic ring is 1. The summed E-state index contributed by atoms with van der Waals surface area (Å²) in [5, 5.41) is 0.0216. The van der Waals surface area contributed by atoms with Crippen LogP contribution in [-0.4, -0.2) is 21.4 Å². The monoisotopic (exact) mass is 365 g/mol. The second-order valence-corrected chi connectivity index (χ2v) is 5.47. The summed E-state index contributed by atoms with van der Waals surface area (Å²) in [4.78, 5) is 27.2. The van der Waals surface area contributed by atoms with Gasteiger partial charge in [-0.2, -0.15) is 0 Å². The van der Waals surface area contributed by atoms with Gasteiger partial charge in [0, 0.05) is 18.5 Å². The molecule has 3 rings (SSSR count). The molecule has 1 aromatic carbocycles. The summed E-state index contributed by atoms with van der Waals surface area (Å²) < 4.78 is 34.0. The van der Waals surface area contributed by atoms with Crippen molar-refractivity contribution in [2.24, 2.45) is 0 Å². The van der Waals surface area contributed by atoms with E-state index in [9.17, 15) is 18.4 Å². The fourth-order valence-corrected chi connectivity index (χ4v) is 2.50. The lowest BCUT2D eigenvalue weighted by Gasteiger charge is -2.09. The van der Waals surface area contributed by atoms with Crippen LogP contribution in [-0.2, 0) is 0 Å². The van der Waals surface area contributed by atoms with Crippen LogP contribution < -0.4 is 10.5 Å². The lowest BCUT2D eigenvalue weighted by Crippen LogP contribution is -2.14. The van der Waals surface area contributed by atoms with E-state index in [4.69, 9.17) is 22.1 Å². The molecule has 0 aliphatic carbocycles. The van der Waals surface area contributed by atoms with E-state index in [0.717, 1.165) is 4.57 Å². The lowest BCUT2D eigenvalue weighted by atomic mass is 10.2. The Morgan fingerprint density at radius 1 is 1.28 bits per heavy atom. The maximum atomic E-state index is 14.7. The largest absolute Gasteiger partial charge is 0.419 e. The van der Waals surface area contributed by atoms with Crippen LogP contribution in [0.5, 0.6) is 5.75 Å². The molecule has 0 saturated carbocycles. The van der Waals surface area contributed by atoms with Gasteiger partial charge in [-0.15, -0.1) is 0 Å². The van der Waals surface area contributed by atoms with Crippen LogP contribution in [0.3, 0.4) is 0 Å². The third-order valence-corrected chi connectivity index (χ3v) is 3.88. The van der Waals surface area contributed by atoms with E-state index in [2.05, 4.69) is 4.98 Å². The van der Waals surface area contributed by atoms with Gasteiger partial charge in [-0.3, -0.25) is 9.36 Å². The number of nitrogens with zero attached hydrogens (tertiary/aromatic N) is 2. The van der Waals surface area contributed by atoms with Crippen molar-refractivity contribution < 1.29 is 23.1 Å². The van der Waals surface area contributed by atoms with Crippen molar-refractivity contribution in [1.82, 2.24) is 9.55 Å². The fraction of sp³-hybridized carbons (Fsp3) is 0.0625. The normalized spacial score (nSPS) is 10.9. The fourth-order valence-electron chi connectivity index (χ4n) is 2.28. The summed E-state index contributed by atoms with van der Waals surface area (Å²) in [6, 6.07) is 4.25. The van der Waals surface area contributed by atoms with E-state index in [1.54, 1.807) is 6.07 Å². The highest BCUT2D eigenvalue weighted by Crippen LogP contribution is 2.29. The number of esters is 1. The van der Waals surface area contributed by atoms with Crippen molar-refractivity contribution in [3.63, 3.8) is 0 Å². The summed E-state index contributed by atoms with van der Waals surface area (Å²) in [5.74, 6) is -3.76. The molecule has 2 aromatic heterocycles. The zero-order valence-corrected chi connectivity index (χ0v) is 13.5. The number of rotatable bonds is 2. The van der Waals surface area contributed by atoms with Crippen LogP contribution >= 0.6 is 11.6 Å². The van der Waals surface area contributed by atoms with Crippen molar-refractivity contribution in [3.8, 4) is 5.75 Å². The number of benzene rings is 1. The average molecular weight is 366 g/mol. The number of anilines is 1. The molecule has 6 nitrogen and oxygen atoms in total. The summed E-state index contributed by atoms with van der Waals surface area (Å²) in [6.45, 7) is 1.27. The molecule has 0 atom stereocenters. The van der Waals surface area contributed by atoms with Crippen LogP contribution in [0.15, 0.2) is 30.6 Å². The number of ether oxygens (including phenoxy) is 1. The first-order valence-electron chi connectivity index (χ1n) is 6.93. The van der Waals surface area contributed by atoms with Gasteiger partial charge in [0.2, 0.25) is 5.91 Å². The number of aromatic nitrogens is 2. The average Bonchev–Trinajstić information content (AvgIpc) is 3.00. The van der Waals surface area contributed by atoms with Crippen LogP contribution in [0, 0.1) is 11.6 Å². The standard InChI is InChI=1S/C16H10ClF2N3O3/c1-7(23)22-5-4-8-2-3-10(12(19)15(8)22)25-16(24)14-11(17)13(20)9(18)6-21-14/h2-6H,1H3,(H2,20,21). The number of carbonyl (C=O) groups excluding carboxylic acids is 2. The molecule has 0 amide bonds. The van der Waals surface area contributed by atoms with Crippen molar-refractivity contribution in [1.29, 1.82) is 0 Å². The Morgan fingerprint density at radius 3 is 2.68 bits per heavy atom. The molecule has 0 bridgehead atoms. The van der Waals surface area contributed by atoms with Crippen LogP contribution in [0.4, 0.5) is 14.5 Å². The second kappa shape index (κ2) is 6.14. The number of hydrogen-bond donors (Lipinski definition) is 1. The Labute approximate surface area is 144 Å². The van der Waals surface area contributed by atoms with E-state index >= 15 is 0 Å². The Hall–Kier alpha value is -3.00. The molecule has 2 N–H and O–H groups in total. The molecule has 2 heterocycles. The molecule has 3 aromatic rings. The van der Waals surface area contributed by atoms with Gasteiger partial charge in [0.05, 0.1) is 22.4 Å². The highest BCUT2D eigenvalue weighted by molar-refractivity contribution is 6.35. The molecule has 0 fully saturated rings. The van der Waals surface area contributed by atoms with Crippen molar-refractivity contribution in [2.45, 2.75) is 6.92 Å². The summed E-state index contributed by atoms with van der Waals surface area (Å²) in [5.41, 5.74) is 4.43. The van der Waals surface area contributed by atoms with E-state index < -0.39 is 45.7 Å². The van der Waals surface area contributed by atoms with Gasteiger partial charge in [0.25, 0.3) is 0 Å². The number of halogens is 3. The van der Waals surface area contributed by atoms with Crippen molar-refractivity contribution in [3.05, 3.63) is 52.9 Å². The van der Waals surface area contributed by atoms with Crippen LogP contribution in [0.1, 0.15) is 22.2 Å². The highest BCUT2D eigenvalue weighted by Gasteiger charge is 2.22. The zero-order valence-electron chi connectivity index (χ0n) is 12.7. The van der Waals surface area contributed by atoms with Gasteiger partial charge in [0.15, 0.2) is 23.1 Å². The number of hydrogen-bond acceptors (Lipinski definition) is 5. The minimum atomic E-state index is -1.11. The number of carbonyl (C=O) groups is 2. The first-order valence-corrected chi connectivity index (χ1v) is 7.31. The third kappa shape index (κ3) is 2.80. The molecule has 0 unspecified atom stereocenters. The van der Waals surface area contributed by atoms with Crippen LogP contribution in [0.25, 0.3) is 10.9 Å². The molecule has 0 aliphatic rings. The summed E-state index contributed by atoms with van der Waals surface area (Å²) in [6.07, 6.45) is 2.11. The van der Waals surface area contributed by atoms with Gasteiger partial charge < -0.3 is 10.5 Å². The zero-order chi connectivity index (χ0) is 18.3. The highest BCUT2D eigenvalue weighted by atomic mass is 35.5. The Bertz CT molecular complexity index is 1030. The topological polar surface area (TPSA) is 87.2 Å². The molecule has 0 radical (unpaired) electrons. The Balaban J connectivity index is 2.02. The number of fused-ring (bicyclic) bond motifs is 1. The van der Waals surface area contributed by atoms with Gasteiger partial charge in [-0.05, 0) is 18.2 Å².